The second kappa shape index (κ2) is 7.84. The van der Waals surface area contributed by atoms with E-state index in [0.29, 0.717) is 18.1 Å². The molecule has 2 amide bonds. The maximum Gasteiger partial charge on any atom is 0.317 e. The Morgan fingerprint density at radius 3 is 2.43 bits per heavy atom. The Kier molecular flexibility index (Phi) is 5.81. The lowest BCUT2D eigenvalue weighted by molar-refractivity contribution is 0.00750. The van der Waals surface area contributed by atoms with E-state index in [0.717, 1.165) is 51.7 Å². The molecule has 0 aromatic heterocycles. The number of amides is 2. The molecule has 23 heavy (non-hydrogen) atoms. The number of rotatable bonds is 5. The van der Waals surface area contributed by atoms with Crippen molar-refractivity contribution in [2.45, 2.75) is 88.9 Å². The number of urea groups is 1. The summed E-state index contributed by atoms with van der Waals surface area (Å²) < 4.78 is 0. The number of nitrogens with one attached hydrogen (secondary N) is 1. The highest BCUT2D eigenvalue weighted by molar-refractivity contribution is 5.75. The van der Waals surface area contributed by atoms with Gasteiger partial charge in [0.15, 0.2) is 0 Å². The van der Waals surface area contributed by atoms with Crippen LogP contribution < -0.4 is 5.32 Å². The van der Waals surface area contributed by atoms with Gasteiger partial charge in [-0.3, -0.25) is 4.90 Å². The molecule has 3 aliphatic rings. The highest BCUT2D eigenvalue weighted by Crippen LogP contribution is 2.28. The third-order valence-corrected chi connectivity index (χ3v) is 5.73. The summed E-state index contributed by atoms with van der Waals surface area (Å²) in [6.07, 6.45) is 9.74. The monoisotopic (exact) mass is 323 g/mol. The quantitative estimate of drug-likeness (QED) is 0.816. The van der Waals surface area contributed by atoms with Crippen LogP contribution in [0.5, 0.6) is 0 Å². The summed E-state index contributed by atoms with van der Waals surface area (Å²) in [5.41, 5.74) is 0. The van der Waals surface area contributed by atoms with Crippen LogP contribution in [0.3, 0.4) is 0 Å². The average Bonchev–Trinajstić information content (AvgIpc) is 3.38. The zero-order chi connectivity index (χ0) is 16.2. The van der Waals surface area contributed by atoms with E-state index in [2.05, 4.69) is 17.1 Å². The second-order valence-corrected chi connectivity index (χ2v) is 7.60. The number of nitrogens with zero attached hydrogens (tertiary/aromatic N) is 2. The van der Waals surface area contributed by atoms with Crippen molar-refractivity contribution < 1.29 is 9.90 Å². The molecule has 0 spiro atoms. The summed E-state index contributed by atoms with van der Waals surface area (Å²) in [6, 6.07) is 1.29. The summed E-state index contributed by atoms with van der Waals surface area (Å²) in [7, 11) is 0. The van der Waals surface area contributed by atoms with Gasteiger partial charge >= 0.3 is 6.03 Å². The minimum atomic E-state index is -0.148. The highest BCUT2D eigenvalue weighted by Gasteiger charge is 2.35. The van der Waals surface area contributed by atoms with Gasteiger partial charge in [-0.25, -0.2) is 4.79 Å². The van der Waals surface area contributed by atoms with Gasteiger partial charge < -0.3 is 15.3 Å². The fraction of sp³-hybridized carbons (Fsp3) is 0.944. The van der Waals surface area contributed by atoms with Crippen LogP contribution in [0.1, 0.15) is 64.7 Å². The Bertz CT molecular complexity index is 392. The topological polar surface area (TPSA) is 55.8 Å². The van der Waals surface area contributed by atoms with Gasteiger partial charge in [0.25, 0.3) is 0 Å². The smallest absolute Gasteiger partial charge is 0.317 e. The van der Waals surface area contributed by atoms with Crippen LogP contribution in [0, 0.1) is 0 Å². The lowest BCUT2D eigenvalue weighted by atomic mass is 9.89. The van der Waals surface area contributed by atoms with Crippen LogP contribution >= 0.6 is 0 Å². The summed E-state index contributed by atoms with van der Waals surface area (Å²) in [5, 5.41) is 13.5. The number of aliphatic hydroxyl groups is 1. The molecular formula is C18H33N3O2. The minimum Gasteiger partial charge on any atom is -0.391 e. The largest absolute Gasteiger partial charge is 0.391 e. The van der Waals surface area contributed by atoms with Gasteiger partial charge in [-0.2, -0.15) is 0 Å². The summed E-state index contributed by atoms with van der Waals surface area (Å²) in [5.74, 6) is 0. The summed E-state index contributed by atoms with van der Waals surface area (Å²) >= 11 is 0. The number of likely N-dealkylation sites (tertiary alicyclic amines) is 1. The maximum atomic E-state index is 12.5. The third-order valence-electron chi connectivity index (χ3n) is 5.73. The van der Waals surface area contributed by atoms with Gasteiger partial charge in [0.1, 0.15) is 0 Å². The second-order valence-electron chi connectivity index (χ2n) is 7.60. The van der Waals surface area contributed by atoms with Crippen molar-refractivity contribution in [3.8, 4) is 0 Å². The van der Waals surface area contributed by atoms with E-state index in [-0.39, 0.29) is 12.1 Å². The van der Waals surface area contributed by atoms with Gasteiger partial charge in [0, 0.05) is 37.8 Å². The standard InChI is InChI=1S/C18H33N3O2/c1-2-11-21(15-7-8-15)18(23)19-14-9-12-20(13-10-14)16-5-3-4-6-17(16)22/h14-17,22H,2-13H2,1H3,(H,19,23). The maximum absolute atomic E-state index is 12.5. The number of carbonyl (C=O) groups excluding carboxylic acids is 1. The van der Waals surface area contributed by atoms with Crippen molar-refractivity contribution in [1.82, 2.24) is 15.1 Å². The first kappa shape index (κ1) is 17.0. The molecule has 1 heterocycles. The van der Waals surface area contributed by atoms with E-state index in [9.17, 15) is 9.90 Å². The first-order valence-electron chi connectivity index (χ1n) is 9.68. The Morgan fingerprint density at radius 2 is 1.83 bits per heavy atom. The number of aliphatic hydroxyl groups excluding tert-OH is 1. The number of piperidine rings is 1. The van der Waals surface area contributed by atoms with Gasteiger partial charge in [-0.05, 0) is 44.9 Å². The number of hydrogen-bond acceptors (Lipinski definition) is 3. The lowest BCUT2D eigenvalue weighted by Gasteiger charge is -2.42. The van der Waals surface area contributed by atoms with Crippen LogP contribution in [0.15, 0.2) is 0 Å². The van der Waals surface area contributed by atoms with Crippen LogP contribution in [0.4, 0.5) is 4.79 Å². The molecule has 0 bridgehead atoms. The lowest BCUT2D eigenvalue weighted by Crippen LogP contribution is -2.54. The van der Waals surface area contributed by atoms with Crippen molar-refractivity contribution in [2.24, 2.45) is 0 Å². The first-order chi connectivity index (χ1) is 11.2. The molecule has 0 aromatic carbocycles. The van der Waals surface area contributed by atoms with Crippen molar-refractivity contribution >= 4 is 6.03 Å². The zero-order valence-electron chi connectivity index (χ0n) is 14.5. The third kappa shape index (κ3) is 4.38. The van der Waals surface area contributed by atoms with E-state index in [1.54, 1.807) is 0 Å². The molecule has 5 nitrogen and oxygen atoms in total. The molecule has 2 unspecified atom stereocenters. The Hall–Kier alpha value is -0.810. The normalized spacial score (nSPS) is 30.2. The fourth-order valence-electron chi connectivity index (χ4n) is 4.23. The fourth-order valence-corrected chi connectivity index (χ4v) is 4.23. The molecule has 1 saturated heterocycles. The van der Waals surface area contributed by atoms with Crippen molar-refractivity contribution in [1.29, 1.82) is 0 Å². The molecule has 1 aliphatic heterocycles. The van der Waals surface area contributed by atoms with Crippen LogP contribution in [-0.2, 0) is 0 Å². The molecule has 2 aliphatic carbocycles. The van der Waals surface area contributed by atoms with Gasteiger partial charge in [0.05, 0.1) is 6.10 Å². The average molecular weight is 323 g/mol. The molecule has 2 N–H and O–H groups in total. The molecule has 3 rings (SSSR count). The summed E-state index contributed by atoms with van der Waals surface area (Å²) in [4.78, 5) is 17.0. The molecule has 2 atom stereocenters. The predicted molar refractivity (Wildman–Crippen MR) is 91.4 cm³/mol. The van der Waals surface area contributed by atoms with Crippen molar-refractivity contribution in [2.75, 3.05) is 19.6 Å². The highest BCUT2D eigenvalue weighted by atomic mass is 16.3. The Labute approximate surface area is 140 Å². The minimum absolute atomic E-state index is 0.144. The van der Waals surface area contributed by atoms with E-state index < -0.39 is 0 Å². The van der Waals surface area contributed by atoms with E-state index in [4.69, 9.17) is 0 Å². The zero-order valence-corrected chi connectivity index (χ0v) is 14.5. The van der Waals surface area contributed by atoms with Gasteiger partial charge in [0.2, 0.25) is 0 Å². The van der Waals surface area contributed by atoms with Crippen molar-refractivity contribution in [3.05, 3.63) is 0 Å². The SMILES string of the molecule is CCCN(C(=O)NC1CCN(C2CCCCC2O)CC1)C1CC1. The van der Waals surface area contributed by atoms with Crippen LogP contribution in [-0.4, -0.2) is 64.8 Å². The van der Waals surface area contributed by atoms with Crippen molar-refractivity contribution in [3.63, 3.8) is 0 Å². The van der Waals surface area contributed by atoms with E-state index in [1.165, 1.54) is 25.7 Å². The molecular weight excluding hydrogens is 290 g/mol. The van der Waals surface area contributed by atoms with E-state index in [1.807, 2.05) is 4.90 Å². The molecule has 3 fully saturated rings. The summed E-state index contributed by atoms with van der Waals surface area (Å²) in [6.45, 7) is 5.02. The number of hydrogen-bond donors (Lipinski definition) is 2. The van der Waals surface area contributed by atoms with Gasteiger partial charge in [-0.15, -0.1) is 0 Å². The predicted octanol–water partition coefficient (Wildman–Crippen LogP) is 2.34. The Morgan fingerprint density at radius 1 is 1.13 bits per heavy atom. The van der Waals surface area contributed by atoms with Gasteiger partial charge in [-0.1, -0.05) is 19.8 Å². The Balaban J connectivity index is 1.44. The van der Waals surface area contributed by atoms with E-state index >= 15 is 0 Å². The molecule has 132 valence electrons. The first-order valence-corrected chi connectivity index (χ1v) is 9.68. The molecule has 0 radical (unpaired) electrons. The molecule has 5 heteroatoms. The molecule has 2 saturated carbocycles. The number of carbonyl (C=O) groups is 1. The van der Waals surface area contributed by atoms with Crippen LogP contribution in [0.2, 0.25) is 0 Å². The molecule has 0 aromatic rings. The van der Waals surface area contributed by atoms with Crippen LogP contribution in [0.25, 0.3) is 0 Å².